The van der Waals surface area contributed by atoms with E-state index in [-0.39, 0.29) is 0 Å². The zero-order valence-electron chi connectivity index (χ0n) is 11.5. The SMILES string of the molecule is CCNC(c1ccn(CCn2cccn2)c1)C1CC1. The molecule has 1 saturated carbocycles. The van der Waals surface area contributed by atoms with Crippen LogP contribution in [-0.2, 0) is 13.1 Å². The Bertz CT molecular complexity index is 496. The minimum atomic E-state index is 0.552. The van der Waals surface area contributed by atoms with E-state index >= 15 is 0 Å². The molecule has 2 aromatic rings. The average molecular weight is 258 g/mol. The van der Waals surface area contributed by atoms with E-state index in [0.717, 1.165) is 25.6 Å². The first-order chi connectivity index (χ1) is 9.36. The Hall–Kier alpha value is -1.55. The van der Waals surface area contributed by atoms with Gasteiger partial charge in [-0.3, -0.25) is 4.68 Å². The van der Waals surface area contributed by atoms with Crippen LogP contribution in [-0.4, -0.2) is 20.9 Å². The molecule has 4 nitrogen and oxygen atoms in total. The van der Waals surface area contributed by atoms with Crippen molar-refractivity contribution in [2.75, 3.05) is 6.54 Å². The molecule has 1 unspecified atom stereocenters. The van der Waals surface area contributed by atoms with Crippen LogP contribution in [0, 0.1) is 5.92 Å². The van der Waals surface area contributed by atoms with Gasteiger partial charge in [-0.2, -0.15) is 5.10 Å². The van der Waals surface area contributed by atoms with Crippen molar-refractivity contribution in [3.63, 3.8) is 0 Å². The van der Waals surface area contributed by atoms with Gasteiger partial charge in [0, 0.05) is 37.4 Å². The lowest BCUT2D eigenvalue weighted by molar-refractivity contribution is 0.492. The van der Waals surface area contributed by atoms with Crippen molar-refractivity contribution in [3.8, 4) is 0 Å². The van der Waals surface area contributed by atoms with Gasteiger partial charge in [-0.15, -0.1) is 0 Å². The van der Waals surface area contributed by atoms with E-state index in [0.29, 0.717) is 6.04 Å². The van der Waals surface area contributed by atoms with Crippen molar-refractivity contribution in [1.82, 2.24) is 19.7 Å². The lowest BCUT2D eigenvalue weighted by atomic mass is 10.1. The molecule has 1 aliphatic rings. The molecular weight excluding hydrogens is 236 g/mol. The molecule has 0 spiro atoms. The lowest BCUT2D eigenvalue weighted by Crippen LogP contribution is -2.22. The highest BCUT2D eigenvalue weighted by molar-refractivity contribution is 5.18. The molecular formula is C15H22N4. The number of nitrogens with one attached hydrogen (secondary N) is 1. The van der Waals surface area contributed by atoms with E-state index in [1.165, 1.54) is 18.4 Å². The van der Waals surface area contributed by atoms with Crippen LogP contribution in [0.15, 0.2) is 36.9 Å². The third kappa shape index (κ3) is 3.07. The summed E-state index contributed by atoms with van der Waals surface area (Å²) in [6.45, 7) is 5.13. The fourth-order valence-electron chi connectivity index (χ4n) is 2.64. The second-order valence-electron chi connectivity index (χ2n) is 5.32. The van der Waals surface area contributed by atoms with Crippen LogP contribution in [0.3, 0.4) is 0 Å². The second kappa shape index (κ2) is 5.61. The fourth-order valence-corrected chi connectivity index (χ4v) is 2.64. The first-order valence-corrected chi connectivity index (χ1v) is 7.23. The zero-order valence-corrected chi connectivity index (χ0v) is 11.5. The van der Waals surface area contributed by atoms with Crippen LogP contribution in [0.5, 0.6) is 0 Å². The first-order valence-electron chi connectivity index (χ1n) is 7.23. The molecule has 1 aliphatic carbocycles. The van der Waals surface area contributed by atoms with Gasteiger partial charge in [0.1, 0.15) is 0 Å². The third-order valence-corrected chi connectivity index (χ3v) is 3.80. The fraction of sp³-hybridized carbons (Fsp3) is 0.533. The molecule has 4 heteroatoms. The Labute approximate surface area is 114 Å². The number of hydrogen-bond acceptors (Lipinski definition) is 2. The van der Waals surface area contributed by atoms with E-state index in [2.05, 4.69) is 40.4 Å². The molecule has 2 heterocycles. The van der Waals surface area contributed by atoms with Crippen LogP contribution >= 0.6 is 0 Å². The number of rotatable bonds is 7. The van der Waals surface area contributed by atoms with E-state index in [1.54, 1.807) is 0 Å². The van der Waals surface area contributed by atoms with Gasteiger partial charge in [-0.05, 0) is 43.0 Å². The summed E-state index contributed by atoms with van der Waals surface area (Å²) in [4.78, 5) is 0. The topological polar surface area (TPSA) is 34.8 Å². The summed E-state index contributed by atoms with van der Waals surface area (Å²) in [6, 6.07) is 4.78. The smallest absolute Gasteiger partial charge is 0.0588 e. The highest BCUT2D eigenvalue weighted by Gasteiger charge is 2.31. The molecule has 1 atom stereocenters. The molecule has 0 aliphatic heterocycles. The Morgan fingerprint density at radius 1 is 1.37 bits per heavy atom. The van der Waals surface area contributed by atoms with Crippen molar-refractivity contribution >= 4 is 0 Å². The molecule has 102 valence electrons. The maximum absolute atomic E-state index is 4.23. The normalized spacial score (nSPS) is 16.7. The maximum atomic E-state index is 4.23. The predicted molar refractivity (Wildman–Crippen MR) is 75.8 cm³/mol. The largest absolute Gasteiger partial charge is 0.352 e. The summed E-state index contributed by atoms with van der Waals surface area (Å²) >= 11 is 0. The van der Waals surface area contributed by atoms with Crippen LogP contribution in [0.2, 0.25) is 0 Å². The van der Waals surface area contributed by atoms with Crippen molar-refractivity contribution in [2.45, 2.75) is 38.9 Å². The van der Waals surface area contributed by atoms with E-state index < -0.39 is 0 Å². The molecule has 2 aromatic heterocycles. The molecule has 1 N–H and O–H groups in total. The molecule has 1 fully saturated rings. The summed E-state index contributed by atoms with van der Waals surface area (Å²) in [5, 5.41) is 7.84. The summed E-state index contributed by atoms with van der Waals surface area (Å²) in [7, 11) is 0. The molecule has 0 aromatic carbocycles. The molecule has 0 amide bonds. The zero-order chi connectivity index (χ0) is 13.1. The Kier molecular flexibility index (Phi) is 3.69. The number of hydrogen-bond donors (Lipinski definition) is 1. The monoisotopic (exact) mass is 258 g/mol. The van der Waals surface area contributed by atoms with Crippen LogP contribution in [0.25, 0.3) is 0 Å². The molecule has 19 heavy (non-hydrogen) atoms. The van der Waals surface area contributed by atoms with Crippen molar-refractivity contribution < 1.29 is 0 Å². The highest BCUT2D eigenvalue weighted by Crippen LogP contribution is 2.40. The molecule has 3 rings (SSSR count). The highest BCUT2D eigenvalue weighted by atomic mass is 15.3. The van der Waals surface area contributed by atoms with E-state index in [1.807, 2.05) is 23.1 Å². The van der Waals surface area contributed by atoms with Crippen LogP contribution in [0.1, 0.15) is 31.4 Å². The van der Waals surface area contributed by atoms with Gasteiger partial charge < -0.3 is 9.88 Å². The second-order valence-corrected chi connectivity index (χ2v) is 5.32. The number of aryl methyl sites for hydroxylation is 2. The Morgan fingerprint density at radius 3 is 2.95 bits per heavy atom. The minimum Gasteiger partial charge on any atom is -0.352 e. The van der Waals surface area contributed by atoms with E-state index in [4.69, 9.17) is 0 Å². The number of aromatic nitrogens is 3. The third-order valence-electron chi connectivity index (χ3n) is 3.80. The van der Waals surface area contributed by atoms with Gasteiger partial charge in [0.15, 0.2) is 0 Å². The summed E-state index contributed by atoms with van der Waals surface area (Å²) < 4.78 is 4.24. The van der Waals surface area contributed by atoms with Gasteiger partial charge >= 0.3 is 0 Å². The molecule has 0 saturated heterocycles. The summed E-state index contributed by atoms with van der Waals surface area (Å²) in [6.07, 6.45) is 11.1. The van der Waals surface area contributed by atoms with Gasteiger partial charge in [0.25, 0.3) is 0 Å². The maximum Gasteiger partial charge on any atom is 0.0588 e. The van der Waals surface area contributed by atoms with Gasteiger partial charge in [0.2, 0.25) is 0 Å². The van der Waals surface area contributed by atoms with E-state index in [9.17, 15) is 0 Å². The van der Waals surface area contributed by atoms with Crippen molar-refractivity contribution in [2.24, 2.45) is 5.92 Å². The van der Waals surface area contributed by atoms with Gasteiger partial charge in [0.05, 0.1) is 6.54 Å². The van der Waals surface area contributed by atoms with Crippen molar-refractivity contribution in [1.29, 1.82) is 0 Å². The van der Waals surface area contributed by atoms with Crippen LogP contribution in [0.4, 0.5) is 0 Å². The van der Waals surface area contributed by atoms with Gasteiger partial charge in [-0.25, -0.2) is 0 Å². The lowest BCUT2D eigenvalue weighted by Gasteiger charge is -2.15. The Morgan fingerprint density at radius 2 is 2.26 bits per heavy atom. The minimum absolute atomic E-state index is 0.552. The predicted octanol–water partition coefficient (Wildman–Crippen LogP) is 2.45. The quantitative estimate of drug-likeness (QED) is 0.828. The standard InChI is InChI=1S/C15H22N4/c1-2-16-15(13-4-5-13)14-6-9-18(12-14)10-11-19-8-3-7-17-19/h3,6-9,12-13,15-16H,2,4-5,10-11H2,1H3. The average Bonchev–Trinajstić information content (AvgIpc) is 2.92. The number of nitrogens with zero attached hydrogens (tertiary/aromatic N) is 3. The van der Waals surface area contributed by atoms with Crippen LogP contribution < -0.4 is 5.32 Å². The molecule has 0 radical (unpaired) electrons. The summed E-state index contributed by atoms with van der Waals surface area (Å²) in [5.74, 6) is 0.849. The van der Waals surface area contributed by atoms with Gasteiger partial charge in [-0.1, -0.05) is 6.92 Å². The Balaban J connectivity index is 1.61. The summed E-state index contributed by atoms with van der Waals surface area (Å²) in [5.41, 5.74) is 1.44. The van der Waals surface area contributed by atoms with Crippen molar-refractivity contribution in [3.05, 3.63) is 42.5 Å². The first kappa shape index (κ1) is 12.5. The molecule has 0 bridgehead atoms.